The molecule has 6 nitrogen and oxygen atoms in total. The summed E-state index contributed by atoms with van der Waals surface area (Å²) in [6.45, 7) is 1.67. The number of hydrogen-bond donors (Lipinski definition) is 3. The van der Waals surface area contributed by atoms with Crippen LogP contribution in [0.1, 0.15) is 16.8 Å². The molecule has 16 heavy (non-hydrogen) atoms. The number of nitrogens with zero attached hydrogens (tertiary/aromatic N) is 2. The number of carbonyl (C=O) groups is 1. The zero-order valence-corrected chi connectivity index (χ0v) is 9.23. The number of amides is 1. The first-order valence-corrected chi connectivity index (χ1v) is 5.28. The van der Waals surface area contributed by atoms with Gasteiger partial charge in [0, 0.05) is 19.8 Å². The lowest BCUT2D eigenvalue weighted by molar-refractivity contribution is 0.0252. The van der Waals surface area contributed by atoms with E-state index >= 15 is 0 Å². The van der Waals surface area contributed by atoms with Crippen LogP contribution >= 0.6 is 0 Å². The van der Waals surface area contributed by atoms with Crippen molar-refractivity contribution in [1.29, 1.82) is 0 Å². The maximum absolute atomic E-state index is 11.9. The molecular formula is C10H16N4O2. The molecule has 1 atom stereocenters. The van der Waals surface area contributed by atoms with Crippen LogP contribution in [0.4, 0.5) is 0 Å². The maximum atomic E-state index is 11.9. The van der Waals surface area contributed by atoms with Crippen molar-refractivity contribution in [3.05, 3.63) is 18.0 Å². The van der Waals surface area contributed by atoms with Gasteiger partial charge in [0.2, 0.25) is 0 Å². The van der Waals surface area contributed by atoms with Gasteiger partial charge >= 0.3 is 0 Å². The number of hydrogen-bond acceptors (Lipinski definition) is 4. The van der Waals surface area contributed by atoms with E-state index in [1.165, 1.54) is 11.1 Å². The van der Waals surface area contributed by atoms with Crippen LogP contribution in [0.2, 0.25) is 0 Å². The number of aromatic amines is 1. The van der Waals surface area contributed by atoms with Gasteiger partial charge in [-0.1, -0.05) is 0 Å². The van der Waals surface area contributed by atoms with Crippen LogP contribution in [0.5, 0.6) is 0 Å². The molecule has 1 fully saturated rings. The lowest BCUT2D eigenvalue weighted by Crippen LogP contribution is -2.45. The summed E-state index contributed by atoms with van der Waals surface area (Å²) in [4.78, 5) is 13.4. The predicted octanol–water partition coefficient (Wildman–Crippen LogP) is -0.794. The van der Waals surface area contributed by atoms with Gasteiger partial charge in [-0.15, -0.1) is 0 Å². The SMILES string of the molecule is CN(CC1(O)CCNC1)C(=O)c1cn[nH]c1. The van der Waals surface area contributed by atoms with Crippen molar-refractivity contribution in [3.8, 4) is 0 Å². The Morgan fingerprint density at radius 1 is 1.75 bits per heavy atom. The molecule has 1 aliphatic rings. The van der Waals surface area contributed by atoms with Crippen LogP contribution < -0.4 is 5.32 Å². The van der Waals surface area contributed by atoms with E-state index in [9.17, 15) is 9.90 Å². The number of aromatic nitrogens is 2. The van der Waals surface area contributed by atoms with E-state index in [2.05, 4.69) is 15.5 Å². The second-order valence-electron chi connectivity index (χ2n) is 4.30. The summed E-state index contributed by atoms with van der Waals surface area (Å²) in [7, 11) is 1.69. The fourth-order valence-corrected chi connectivity index (χ4v) is 1.97. The third-order valence-electron chi connectivity index (χ3n) is 2.84. The van der Waals surface area contributed by atoms with Crippen molar-refractivity contribution in [2.75, 3.05) is 26.7 Å². The molecule has 0 bridgehead atoms. The van der Waals surface area contributed by atoms with Crippen molar-refractivity contribution in [3.63, 3.8) is 0 Å². The van der Waals surface area contributed by atoms with Gasteiger partial charge in [0.25, 0.3) is 5.91 Å². The number of β-amino-alcohol motifs (C(OH)–C–C–N with tert-alkyl or cyclic N) is 1. The lowest BCUT2D eigenvalue weighted by atomic mass is 10.0. The summed E-state index contributed by atoms with van der Waals surface area (Å²) >= 11 is 0. The van der Waals surface area contributed by atoms with Crippen molar-refractivity contribution >= 4 is 5.91 Å². The Morgan fingerprint density at radius 3 is 3.12 bits per heavy atom. The minimum absolute atomic E-state index is 0.130. The second kappa shape index (κ2) is 4.23. The molecule has 0 radical (unpaired) electrons. The zero-order valence-electron chi connectivity index (χ0n) is 9.23. The Labute approximate surface area is 93.6 Å². The second-order valence-corrected chi connectivity index (χ2v) is 4.30. The molecule has 2 rings (SSSR count). The van der Waals surface area contributed by atoms with Gasteiger partial charge in [-0.05, 0) is 13.0 Å². The monoisotopic (exact) mass is 224 g/mol. The highest BCUT2D eigenvalue weighted by Crippen LogP contribution is 2.16. The van der Waals surface area contributed by atoms with Crippen LogP contribution in [0.25, 0.3) is 0 Å². The van der Waals surface area contributed by atoms with Gasteiger partial charge in [-0.2, -0.15) is 5.10 Å². The average molecular weight is 224 g/mol. The summed E-state index contributed by atoms with van der Waals surface area (Å²) in [5, 5.41) is 19.5. The van der Waals surface area contributed by atoms with Crippen LogP contribution in [0.3, 0.4) is 0 Å². The Bertz CT molecular complexity index is 357. The molecule has 0 saturated carbocycles. The van der Waals surface area contributed by atoms with Gasteiger partial charge in [0.1, 0.15) is 0 Å². The van der Waals surface area contributed by atoms with E-state index in [0.717, 1.165) is 6.54 Å². The lowest BCUT2D eigenvalue weighted by Gasteiger charge is -2.27. The zero-order chi connectivity index (χ0) is 11.6. The summed E-state index contributed by atoms with van der Waals surface area (Å²) in [5.74, 6) is -0.130. The first-order valence-electron chi connectivity index (χ1n) is 5.28. The Hall–Kier alpha value is -1.40. The number of aliphatic hydroxyl groups is 1. The quantitative estimate of drug-likeness (QED) is 0.628. The van der Waals surface area contributed by atoms with Crippen LogP contribution in [0.15, 0.2) is 12.4 Å². The number of rotatable bonds is 3. The fraction of sp³-hybridized carbons (Fsp3) is 0.600. The average Bonchev–Trinajstić information content (AvgIpc) is 2.87. The highest BCUT2D eigenvalue weighted by Gasteiger charge is 2.33. The number of carbonyl (C=O) groups excluding carboxylic acids is 1. The van der Waals surface area contributed by atoms with Gasteiger partial charge < -0.3 is 15.3 Å². The van der Waals surface area contributed by atoms with E-state index in [4.69, 9.17) is 0 Å². The highest BCUT2D eigenvalue weighted by molar-refractivity contribution is 5.93. The Morgan fingerprint density at radius 2 is 2.56 bits per heavy atom. The molecule has 3 N–H and O–H groups in total. The predicted molar refractivity (Wildman–Crippen MR) is 58.0 cm³/mol. The number of nitrogens with one attached hydrogen (secondary N) is 2. The van der Waals surface area contributed by atoms with Gasteiger partial charge in [0.05, 0.1) is 23.9 Å². The van der Waals surface area contributed by atoms with Crippen molar-refractivity contribution in [1.82, 2.24) is 20.4 Å². The normalized spacial score (nSPS) is 24.6. The summed E-state index contributed by atoms with van der Waals surface area (Å²) < 4.78 is 0. The summed E-state index contributed by atoms with van der Waals surface area (Å²) in [5.41, 5.74) is -0.286. The molecular weight excluding hydrogens is 208 g/mol. The number of H-pyrrole nitrogens is 1. The van der Waals surface area contributed by atoms with Crippen LogP contribution in [0, 0.1) is 0 Å². The third-order valence-corrected chi connectivity index (χ3v) is 2.84. The molecule has 1 aromatic rings. The maximum Gasteiger partial charge on any atom is 0.256 e. The smallest absolute Gasteiger partial charge is 0.256 e. The van der Waals surface area contributed by atoms with Crippen molar-refractivity contribution in [2.24, 2.45) is 0 Å². The van der Waals surface area contributed by atoms with E-state index < -0.39 is 5.60 Å². The topological polar surface area (TPSA) is 81.2 Å². The van der Waals surface area contributed by atoms with Gasteiger partial charge in [0.15, 0.2) is 0 Å². The fourth-order valence-electron chi connectivity index (χ4n) is 1.97. The van der Waals surface area contributed by atoms with E-state index in [0.29, 0.717) is 25.1 Å². The molecule has 6 heteroatoms. The van der Waals surface area contributed by atoms with E-state index in [1.807, 2.05) is 0 Å². The Kier molecular flexibility index (Phi) is 2.93. The first kappa shape index (κ1) is 11.1. The number of likely N-dealkylation sites (N-methyl/N-ethyl adjacent to an activating group) is 1. The standard InChI is InChI=1S/C10H16N4O2/c1-14(7-10(16)2-3-11-6-10)9(15)8-4-12-13-5-8/h4-5,11,16H,2-3,6-7H2,1H3,(H,12,13). The minimum atomic E-state index is -0.797. The molecule has 1 amide bonds. The largest absolute Gasteiger partial charge is 0.387 e. The van der Waals surface area contributed by atoms with Gasteiger partial charge in [-0.3, -0.25) is 9.89 Å². The highest BCUT2D eigenvalue weighted by atomic mass is 16.3. The van der Waals surface area contributed by atoms with Gasteiger partial charge in [-0.25, -0.2) is 0 Å². The van der Waals surface area contributed by atoms with Crippen molar-refractivity contribution in [2.45, 2.75) is 12.0 Å². The van der Waals surface area contributed by atoms with Crippen LogP contribution in [-0.4, -0.2) is 58.4 Å². The minimum Gasteiger partial charge on any atom is -0.387 e. The molecule has 0 aromatic carbocycles. The molecule has 1 unspecified atom stereocenters. The van der Waals surface area contributed by atoms with Crippen molar-refractivity contribution < 1.29 is 9.90 Å². The molecule has 0 spiro atoms. The summed E-state index contributed by atoms with van der Waals surface area (Å²) in [6.07, 6.45) is 3.71. The molecule has 1 aromatic heterocycles. The molecule has 1 aliphatic heterocycles. The summed E-state index contributed by atoms with van der Waals surface area (Å²) in [6, 6.07) is 0. The molecule has 0 aliphatic carbocycles. The third kappa shape index (κ3) is 2.23. The molecule has 2 heterocycles. The van der Waals surface area contributed by atoms with Crippen LogP contribution in [-0.2, 0) is 0 Å². The Balaban J connectivity index is 1.97. The molecule has 88 valence electrons. The van der Waals surface area contributed by atoms with E-state index in [1.54, 1.807) is 13.2 Å². The van der Waals surface area contributed by atoms with E-state index in [-0.39, 0.29) is 5.91 Å². The first-order chi connectivity index (χ1) is 7.61. The molecule has 1 saturated heterocycles.